The molecular formula is C11H9N5O4S. The number of benzene rings is 1. The van der Waals surface area contributed by atoms with Gasteiger partial charge >= 0.3 is 5.12 Å². The molecule has 1 unspecified atom stereocenters. The summed E-state index contributed by atoms with van der Waals surface area (Å²) in [6, 6.07) is 7.76. The summed E-state index contributed by atoms with van der Waals surface area (Å²) in [6.07, 6.45) is 2.35. The summed E-state index contributed by atoms with van der Waals surface area (Å²) < 4.78 is 25.4. The summed E-state index contributed by atoms with van der Waals surface area (Å²) in [6.45, 7) is 0. The van der Waals surface area contributed by atoms with E-state index in [2.05, 4.69) is 20.8 Å². The van der Waals surface area contributed by atoms with Crippen LogP contribution in [-0.4, -0.2) is 29.8 Å². The molecule has 2 heterocycles. The van der Waals surface area contributed by atoms with Crippen LogP contribution in [0.2, 0.25) is 0 Å². The Hall–Kier alpha value is -2.59. The summed E-state index contributed by atoms with van der Waals surface area (Å²) in [4.78, 5) is 17.5. The molecule has 1 aromatic carbocycles. The molecule has 0 saturated carbocycles. The number of hydrogen-bond donors (Lipinski definition) is 2. The molecule has 10 heteroatoms. The van der Waals surface area contributed by atoms with Crippen LogP contribution in [0.25, 0.3) is 10.9 Å². The van der Waals surface area contributed by atoms with Crippen molar-refractivity contribution in [1.82, 2.24) is 15.8 Å². The number of aliphatic imine (C=N–C) groups is 1. The van der Waals surface area contributed by atoms with E-state index >= 15 is 0 Å². The zero-order valence-electron chi connectivity index (χ0n) is 10.4. The van der Waals surface area contributed by atoms with E-state index in [1.54, 1.807) is 18.2 Å². The first-order valence-electron chi connectivity index (χ1n) is 5.78. The summed E-state index contributed by atoms with van der Waals surface area (Å²) >= 11 is 0. The van der Waals surface area contributed by atoms with Gasteiger partial charge in [-0.2, -0.15) is 4.99 Å². The Morgan fingerprint density at radius 2 is 2.00 bits per heavy atom. The highest BCUT2D eigenvalue weighted by atomic mass is 32.2. The predicted molar refractivity (Wildman–Crippen MR) is 73.4 cm³/mol. The smallest absolute Gasteiger partial charge is 0.304 e. The zero-order chi connectivity index (χ0) is 15.1. The molecule has 0 aliphatic carbocycles. The van der Waals surface area contributed by atoms with Crippen molar-refractivity contribution in [2.24, 2.45) is 4.99 Å². The average molecular weight is 307 g/mol. The van der Waals surface area contributed by atoms with E-state index < -0.39 is 19.9 Å². The summed E-state index contributed by atoms with van der Waals surface area (Å²) in [5, 5.41) is 9.14. The fourth-order valence-electron chi connectivity index (χ4n) is 2.05. The number of hydrazine groups is 1. The average Bonchev–Trinajstić information content (AvgIpc) is 2.98. The fourth-order valence-corrected chi connectivity index (χ4v) is 3.62. The van der Waals surface area contributed by atoms with Crippen LogP contribution < -0.4 is 10.9 Å². The molecule has 3 rings (SSSR count). The predicted octanol–water partition coefficient (Wildman–Crippen LogP) is 0.0326. The SMILES string of the molecule is O=[N+]([O-])C1(S(=O)(=O)c2cccc3cccnc23)N=CNN1. The van der Waals surface area contributed by atoms with Gasteiger partial charge in [0, 0.05) is 11.6 Å². The summed E-state index contributed by atoms with van der Waals surface area (Å²) in [7, 11) is -4.46. The number of hydrogen-bond acceptors (Lipinski definition) is 8. The molecule has 108 valence electrons. The van der Waals surface area contributed by atoms with E-state index in [0.29, 0.717) is 5.39 Å². The first-order valence-corrected chi connectivity index (χ1v) is 7.27. The Balaban J connectivity index is 2.31. The van der Waals surface area contributed by atoms with Crippen molar-refractivity contribution >= 4 is 27.1 Å². The highest BCUT2D eigenvalue weighted by Gasteiger charge is 2.59. The Morgan fingerprint density at radius 1 is 1.24 bits per heavy atom. The van der Waals surface area contributed by atoms with Crippen molar-refractivity contribution in [2.75, 3.05) is 0 Å². The largest absolute Gasteiger partial charge is 0.495 e. The fraction of sp³-hybridized carbons (Fsp3) is 0.0909. The van der Waals surface area contributed by atoms with Gasteiger partial charge in [0.1, 0.15) is 11.2 Å². The molecule has 2 N–H and O–H groups in total. The van der Waals surface area contributed by atoms with Gasteiger partial charge in [0.25, 0.3) is 9.84 Å². The Labute approximate surface area is 118 Å². The molecule has 0 amide bonds. The lowest BCUT2D eigenvalue weighted by molar-refractivity contribution is -0.545. The van der Waals surface area contributed by atoms with E-state index in [-0.39, 0.29) is 10.4 Å². The number of aromatic nitrogens is 1. The van der Waals surface area contributed by atoms with E-state index in [1.807, 2.05) is 0 Å². The van der Waals surface area contributed by atoms with E-state index in [4.69, 9.17) is 0 Å². The standard InChI is InChI=1S/C11H9N5O4S/c17-16(18)11(13-7-14-15-11)21(19,20)9-5-1-3-8-4-2-6-12-10(8)9/h1-7,15H,(H,13,14). The second-order valence-corrected chi connectivity index (χ2v) is 6.24. The molecule has 1 aliphatic rings. The first kappa shape index (κ1) is 13.4. The minimum Gasteiger partial charge on any atom is -0.304 e. The van der Waals surface area contributed by atoms with Gasteiger partial charge in [-0.25, -0.2) is 8.42 Å². The molecule has 1 aromatic heterocycles. The maximum absolute atomic E-state index is 12.7. The minimum absolute atomic E-state index is 0.158. The third-order valence-electron chi connectivity index (χ3n) is 3.05. The van der Waals surface area contributed by atoms with E-state index in [0.717, 1.165) is 6.34 Å². The number of pyridine rings is 1. The third kappa shape index (κ3) is 1.76. The van der Waals surface area contributed by atoms with Gasteiger partial charge in [-0.05, 0) is 12.1 Å². The molecule has 9 nitrogen and oxygen atoms in total. The topological polar surface area (TPSA) is 127 Å². The van der Waals surface area contributed by atoms with Gasteiger partial charge in [0.05, 0.1) is 10.4 Å². The number of fused-ring (bicyclic) bond motifs is 1. The summed E-state index contributed by atoms with van der Waals surface area (Å²) in [5.41, 5.74) is 4.48. The Bertz CT molecular complexity index is 861. The molecular weight excluding hydrogens is 298 g/mol. The first-order chi connectivity index (χ1) is 9.99. The zero-order valence-corrected chi connectivity index (χ0v) is 11.2. The Kier molecular flexibility index (Phi) is 2.85. The van der Waals surface area contributed by atoms with Gasteiger partial charge in [-0.1, -0.05) is 18.2 Å². The van der Waals surface area contributed by atoms with Crippen LogP contribution in [0, 0.1) is 10.1 Å². The normalized spacial score (nSPS) is 21.3. The third-order valence-corrected chi connectivity index (χ3v) is 5.06. The number of para-hydroxylation sites is 1. The maximum Gasteiger partial charge on any atom is 0.495 e. The lowest BCUT2D eigenvalue weighted by atomic mass is 10.2. The minimum atomic E-state index is -4.46. The molecule has 2 aromatic rings. The molecule has 0 spiro atoms. The molecule has 0 bridgehead atoms. The van der Waals surface area contributed by atoms with Crippen LogP contribution >= 0.6 is 0 Å². The Morgan fingerprint density at radius 3 is 2.67 bits per heavy atom. The van der Waals surface area contributed by atoms with E-state index in [9.17, 15) is 18.5 Å². The lowest BCUT2D eigenvalue weighted by Crippen LogP contribution is -2.56. The van der Waals surface area contributed by atoms with Crippen LogP contribution in [0.4, 0.5) is 0 Å². The van der Waals surface area contributed by atoms with Crippen molar-refractivity contribution in [3.05, 3.63) is 46.6 Å². The highest BCUT2D eigenvalue weighted by molar-refractivity contribution is 7.92. The number of nitrogens with zero attached hydrogens (tertiary/aromatic N) is 3. The van der Waals surface area contributed by atoms with Gasteiger partial charge < -0.3 is 5.43 Å². The van der Waals surface area contributed by atoms with Crippen LogP contribution in [0.3, 0.4) is 0 Å². The van der Waals surface area contributed by atoms with Crippen LogP contribution in [0.1, 0.15) is 0 Å². The number of sulfone groups is 1. The van der Waals surface area contributed by atoms with Crippen molar-refractivity contribution < 1.29 is 13.3 Å². The maximum atomic E-state index is 12.7. The lowest BCUT2D eigenvalue weighted by Gasteiger charge is -2.17. The number of nitro groups is 1. The monoisotopic (exact) mass is 307 g/mol. The van der Waals surface area contributed by atoms with Crippen LogP contribution in [0.15, 0.2) is 46.4 Å². The number of nitrogens with one attached hydrogen (secondary N) is 2. The van der Waals surface area contributed by atoms with Crippen LogP contribution in [-0.2, 0) is 9.84 Å². The van der Waals surface area contributed by atoms with Crippen molar-refractivity contribution in [2.45, 2.75) is 10.0 Å². The van der Waals surface area contributed by atoms with E-state index in [1.165, 1.54) is 18.3 Å². The van der Waals surface area contributed by atoms with Gasteiger partial charge in [-0.3, -0.25) is 15.1 Å². The second kappa shape index (κ2) is 4.46. The molecule has 0 saturated heterocycles. The van der Waals surface area contributed by atoms with Gasteiger partial charge in [-0.15, -0.1) is 5.43 Å². The molecule has 1 atom stereocenters. The van der Waals surface area contributed by atoms with Crippen molar-refractivity contribution in [3.63, 3.8) is 0 Å². The molecule has 0 radical (unpaired) electrons. The molecule has 1 aliphatic heterocycles. The van der Waals surface area contributed by atoms with Crippen LogP contribution in [0.5, 0.6) is 0 Å². The van der Waals surface area contributed by atoms with Gasteiger partial charge in [0.15, 0.2) is 0 Å². The molecule has 21 heavy (non-hydrogen) atoms. The highest BCUT2D eigenvalue weighted by Crippen LogP contribution is 2.30. The van der Waals surface area contributed by atoms with Crippen molar-refractivity contribution in [3.8, 4) is 0 Å². The van der Waals surface area contributed by atoms with Gasteiger partial charge in [0.2, 0.25) is 0 Å². The second-order valence-electron chi connectivity index (χ2n) is 4.23. The summed E-state index contributed by atoms with van der Waals surface area (Å²) in [5.74, 6) is 0. The number of rotatable bonds is 3. The molecule has 0 fully saturated rings. The van der Waals surface area contributed by atoms with Crippen molar-refractivity contribution in [1.29, 1.82) is 0 Å². The quantitative estimate of drug-likeness (QED) is 0.605.